The van der Waals surface area contributed by atoms with E-state index in [0.29, 0.717) is 16.6 Å². The van der Waals surface area contributed by atoms with Crippen molar-refractivity contribution in [3.63, 3.8) is 0 Å². The van der Waals surface area contributed by atoms with Gasteiger partial charge < -0.3 is 4.74 Å². The summed E-state index contributed by atoms with van der Waals surface area (Å²) in [5.74, 6) is -0.0668. The quantitative estimate of drug-likeness (QED) is 0.555. The molecule has 0 aromatic heterocycles. The van der Waals surface area contributed by atoms with Crippen LogP contribution in [-0.2, 0) is 9.53 Å². The molecule has 0 atom stereocenters. The van der Waals surface area contributed by atoms with Crippen LogP contribution in [-0.4, -0.2) is 11.9 Å². The molecule has 82 valence electrons. The number of hydrogen-bond donors (Lipinski definition) is 0. The van der Waals surface area contributed by atoms with Crippen LogP contribution in [0, 0.1) is 0 Å². The molecule has 0 saturated heterocycles. The lowest BCUT2D eigenvalue weighted by Gasteiger charge is -1.98. The molecule has 16 heavy (non-hydrogen) atoms. The molecule has 0 amide bonds. The lowest BCUT2D eigenvalue weighted by Crippen LogP contribution is -2.05. The molecular weight excluding hydrogens is 226 g/mol. The number of hydrogen-bond acceptors (Lipinski definition) is 3. The van der Waals surface area contributed by atoms with Gasteiger partial charge in [0.15, 0.2) is 5.70 Å². The van der Waals surface area contributed by atoms with Gasteiger partial charge in [0.05, 0.1) is 0 Å². The first-order valence-corrected chi connectivity index (χ1v) is 5.20. The minimum atomic E-state index is -0.398. The van der Waals surface area contributed by atoms with Crippen LogP contribution in [0.2, 0.25) is 5.02 Å². The second kappa shape index (κ2) is 4.10. The summed E-state index contributed by atoms with van der Waals surface area (Å²) < 4.78 is 5.07. The largest absolute Gasteiger partial charge is 0.402 e. The molecule has 0 bridgehead atoms. The number of aliphatic imine (C=N–C) groups is 1. The Bertz CT molecular complexity index is 496. The lowest BCUT2D eigenvalue weighted by atomic mass is 10.2. The Balaban J connectivity index is 2.38. The topological polar surface area (TPSA) is 38.7 Å². The second-order valence-electron chi connectivity index (χ2n) is 3.66. The Morgan fingerprint density at radius 3 is 2.38 bits per heavy atom. The first-order valence-electron chi connectivity index (χ1n) is 4.82. The number of allylic oxidation sites excluding steroid dienone is 1. The van der Waals surface area contributed by atoms with Gasteiger partial charge in [-0.15, -0.1) is 0 Å². The Kier molecular flexibility index (Phi) is 2.79. The standard InChI is InChI=1S/C12H10ClNO2/c1-7(2)10-12(15)16-11(14-10)8-3-5-9(13)6-4-8/h3-6H,1-2H3. The van der Waals surface area contributed by atoms with Crippen LogP contribution in [0.15, 0.2) is 40.5 Å². The zero-order valence-corrected chi connectivity index (χ0v) is 9.71. The third kappa shape index (κ3) is 1.99. The maximum absolute atomic E-state index is 11.4. The Morgan fingerprint density at radius 2 is 1.88 bits per heavy atom. The predicted molar refractivity (Wildman–Crippen MR) is 62.5 cm³/mol. The molecule has 4 heteroatoms. The number of cyclic esters (lactones) is 1. The van der Waals surface area contributed by atoms with Gasteiger partial charge in [-0.05, 0) is 43.7 Å². The SMILES string of the molecule is CC(C)=C1N=C(c2ccc(Cl)cc2)OC1=O. The van der Waals surface area contributed by atoms with Gasteiger partial charge in [-0.3, -0.25) is 0 Å². The molecule has 0 aliphatic carbocycles. The van der Waals surface area contributed by atoms with Gasteiger partial charge in [-0.2, -0.15) is 0 Å². The molecule has 0 saturated carbocycles. The molecule has 0 spiro atoms. The Morgan fingerprint density at radius 1 is 1.25 bits per heavy atom. The molecule has 0 N–H and O–H groups in total. The number of nitrogens with zero attached hydrogens (tertiary/aromatic N) is 1. The highest BCUT2D eigenvalue weighted by molar-refractivity contribution is 6.30. The van der Waals surface area contributed by atoms with Gasteiger partial charge in [0.25, 0.3) is 0 Å². The van der Waals surface area contributed by atoms with Crippen LogP contribution in [0.4, 0.5) is 0 Å². The molecule has 1 aliphatic rings. The molecule has 1 aromatic carbocycles. The highest BCUT2D eigenvalue weighted by Crippen LogP contribution is 2.20. The summed E-state index contributed by atoms with van der Waals surface area (Å²) in [6, 6.07) is 6.99. The van der Waals surface area contributed by atoms with Crippen molar-refractivity contribution in [2.75, 3.05) is 0 Å². The number of halogens is 1. The van der Waals surface area contributed by atoms with E-state index in [4.69, 9.17) is 16.3 Å². The smallest absolute Gasteiger partial charge is 0.363 e. The number of benzene rings is 1. The van der Waals surface area contributed by atoms with E-state index in [-0.39, 0.29) is 0 Å². The summed E-state index contributed by atoms with van der Waals surface area (Å²) in [7, 11) is 0. The summed E-state index contributed by atoms with van der Waals surface area (Å²) in [6.45, 7) is 3.65. The maximum atomic E-state index is 11.4. The highest BCUT2D eigenvalue weighted by atomic mass is 35.5. The van der Waals surface area contributed by atoms with Crippen molar-refractivity contribution in [2.45, 2.75) is 13.8 Å². The van der Waals surface area contributed by atoms with E-state index in [1.165, 1.54) is 0 Å². The van der Waals surface area contributed by atoms with Crippen molar-refractivity contribution in [3.8, 4) is 0 Å². The van der Waals surface area contributed by atoms with Crippen LogP contribution >= 0.6 is 11.6 Å². The van der Waals surface area contributed by atoms with Crippen molar-refractivity contribution in [3.05, 3.63) is 46.1 Å². The van der Waals surface area contributed by atoms with E-state index in [1.807, 2.05) is 13.8 Å². The number of rotatable bonds is 1. The van der Waals surface area contributed by atoms with Gasteiger partial charge in [-0.25, -0.2) is 9.79 Å². The molecule has 1 heterocycles. The number of ether oxygens (including phenoxy) is 1. The Labute approximate surface area is 98.4 Å². The number of carbonyl (C=O) groups is 1. The van der Waals surface area contributed by atoms with Gasteiger partial charge in [0.1, 0.15) is 0 Å². The zero-order valence-electron chi connectivity index (χ0n) is 8.95. The molecule has 0 fully saturated rings. The minimum Gasteiger partial charge on any atom is -0.402 e. The summed E-state index contributed by atoms with van der Waals surface area (Å²) in [4.78, 5) is 15.6. The van der Waals surface area contributed by atoms with Gasteiger partial charge in [0.2, 0.25) is 5.90 Å². The molecular formula is C12H10ClNO2. The van der Waals surface area contributed by atoms with Crippen LogP contribution in [0.1, 0.15) is 19.4 Å². The fraction of sp³-hybridized carbons (Fsp3) is 0.167. The first-order chi connectivity index (χ1) is 7.58. The average Bonchev–Trinajstić information content (AvgIpc) is 2.61. The van der Waals surface area contributed by atoms with Gasteiger partial charge in [-0.1, -0.05) is 11.6 Å². The number of carbonyl (C=O) groups excluding carboxylic acids is 1. The van der Waals surface area contributed by atoms with Crippen molar-refractivity contribution in [2.24, 2.45) is 4.99 Å². The van der Waals surface area contributed by atoms with Gasteiger partial charge >= 0.3 is 5.97 Å². The molecule has 0 radical (unpaired) electrons. The van der Waals surface area contributed by atoms with Crippen LogP contribution in [0.3, 0.4) is 0 Å². The van der Waals surface area contributed by atoms with E-state index < -0.39 is 5.97 Å². The van der Waals surface area contributed by atoms with Crippen LogP contribution in [0.5, 0.6) is 0 Å². The predicted octanol–water partition coefficient (Wildman–Crippen LogP) is 2.94. The molecule has 0 unspecified atom stereocenters. The molecule has 2 rings (SSSR count). The summed E-state index contributed by atoms with van der Waals surface area (Å²) in [6.07, 6.45) is 0. The minimum absolute atomic E-state index is 0.331. The monoisotopic (exact) mass is 235 g/mol. The van der Waals surface area contributed by atoms with E-state index in [9.17, 15) is 4.79 Å². The molecule has 3 nitrogen and oxygen atoms in total. The summed E-state index contributed by atoms with van der Waals surface area (Å²) in [5, 5.41) is 0.635. The second-order valence-corrected chi connectivity index (χ2v) is 4.10. The first kappa shape index (κ1) is 10.9. The normalized spacial score (nSPS) is 14.8. The van der Waals surface area contributed by atoms with Crippen molar-refractivity contribution in [1.82, 2.24) is 0 Å². The van der Waals surface area contributed by atoms with Crippen molar-refractivity contribution in [1.29, 1.82) is 0 Å². The number of esters is 1. The molecule has 1 aliphatic heterocycles. The summed E-state index contributed by atoms with van der Waals surface area (Å²) >= 11 is 5.77. The van der Waals surface area contributed by atoms with Crippen molar-refractivity contribution < 1.29 is 9.53 Å². The fourth-order valence-corrected chi connectivity index (χ4v) is 1.46. The highest BCUT2D eigenvalue weighted by Gasteiger charge is 2.24. The third-order valence-electron chi connectivity index (χ3n) is 2.16. The average molecular weight is 236 g/mol. The van der Waals surface area contributed by atoms with Crippen LogP contribution < -0.4 is 0 Å². The van der Waals surface area contributed by atoms with E-state index in [0.717, 1.165) is 11.1 Å². The summed E-state index contributed by atoms with van der Waals surface area (Å²) in [5.41, 5.74) is 1.97. The Hall–Kier alpha value is -1.61. The lowest BCUT2D eigenvalue weighted by molar-refractivity contribution is -0.130. The van der Waals surface area contributed by atoms with Crippen molar-refractivity contribution >= 4 is 23.5 Å². The van der Waals surface area contributed by atoms with Gasteiger partial charge in [0, 0.05) is 10.6 Å². The fourth-order valence-electron chi connectivity index (χ4n) is 1.34. The van der Waals surface area contributed by atoms with Crippen LogP contribution in [0.25, 0.3) is 0 Å². The molecule has 1 aromatic rings. The van der Waals surface area contributed by atoms with E-state index in [1.54, 1.807) is 24.3 Å². The third-order valence-corrected chi connectivity index (χ3v) is 2.41. The maximum Gasteiger partial charge on any atom is 0.363 e. The zero-order chi connectivity index (χ0) is 11.7. The van der Waals surface area contributed by atoms with E-state index in [2.05, 4.69) is 4.99 Å². The van der Waals surface area contributed by atoms with E-state index >= 15 is 0 Å².